The van der Waals surface area contributed by atoms with Gasteiger partial charge in [-0.15, -0.1) is 0 Å². The highest BCUT2D eigenvalue weighted by molar-refractivity contribution is 6.03. The van der Waals surface area contributed by atoms with Crippen molar-refractivity contribution in [2.75, 3.05) is 5.32 Å². The van der Waals surface area contributed by atoms with Crippen molar-refractivity contribution in [2.45, 2.75) is 0 Å². The summed E-state index contributed by atoms with van der Waals surface area (Å²) in [6.07, 6.45) is 2.57. The van der Waals surface area contributed by atoms with Gasteiger partial charge in [0.1, 0.15) is 5.56 Å². The van der Waals surface area contributed by atoms with Crippen LogP contribution in [-0.2, 0) is 0 Å². The highest BCUT2D eigenvalue weighted by Gasteiger charge is 2.15. The fraction of sp³-hybridized carbons (Fsp3) is 0. The fourth-order valence-corrected chi connectivity index (χ4v) is 1.52. The number of anilines is 1. The lowest BCUT2D eigenvalue weighted by atomic mass is 10.2. The molecule has 2 rings (SSSR count). The lowest BCUT2D eigenvalue weighted by Crippen LogP contribution is -2.20. The van der Waals surface area contributed by atoms with Crippen molar-refractivity contribution < 1.29 is 14.1 Å². The Morgan fingerprint density at radius 2 is 2.10 bits per heavy atom. The summed E-state index contributed by atoms with van der Waals surface area (Å²) in [6, 6.07) is 4.09. The van der Waals surface area contributed by atoms with Crippen LogP contribution in [0.25, 0.3) is 0 Å². The lowest BCUT2D eigenvalue weighted by Gasteiger charge is -2.04. The van der Waals surface area contributed by atoms with Gasteiger partial charge in [0.2, 0.25) is 5.82 Å². The van der Waals surface area contributed by atoms with Crippen LogP contribution in [0.15, 0.2) is 41.5 Å². The van der Waals surface area contributed by atoms with E-state index in [-0.39, 0.29) is 11.3 Å². The average molecular weight is 277 g/mol. The quantitative estimate of drug-likeness (QED) is 0.657. The van der Waals surface area contributed by atoms with Crippen molar-refractivity contribution in [3.8, 4) is 0 Å². The van der Waals surface area contributed by atoms with E-state index < -0.39 is 27.8 Å². The molecule has 7 nitrogen and oxygen atoms in total. The maximum atomic E-state index is 13.4. The number of nitro benzene ring substituents is 1. The number of halogens is 1. The fourth-order valence-electron chi connectivity index (χ4n) is 1.52. The summed E-state index contributed by atoms with van der Waals surface area (Å²) in [5.74, 6) is -1.81. The smallest absolute Gasteiger partial charge is 0.304 e. The Bertz CT molecular complexity index is 741. The molecule has 8 heteroatoms. The number of rotatable bonds is 3. The molecule has 0 saturated heterocycles. The van der Waals surface area contributed by atoms with E-state index in [4.69, 9.17) is 0 Å². The van der Waals surface area contributed by atoms with Gasteiger partial charge >= 0.3 is 5.69 Å². The van der Waals surface area contributed by atoms with Crippen molar-refractivity contribution in [3.05, 3.63) is 68.4 Å². The number of nitrogens with zero attached hydrogens (tertiary/aromatic N) is 1. The Balaban J connectivity index is 2.25. The average Bonchev–Trinajstić information content (AvgIpc) is 2.38. The van der Waals surface area contributed by atoms with Crippen LogP contribution in [0.5, 0.6) is 0 Å². The van der Waals surface area contributed by atoms with E-state index in [2.05, 4.69) is 10.3 Å². The van der Waals surface area contributed by atoms with Crippen LogP contribution < -0.4 is 10.7 Å². The molecule has 20 heavy (non-hydrogen) atoms. The van der Waals surface area contributed by atoms with E-state index in [0.717, 1.165) is 12.1 Å². The number of amides is 1. The first-order valence-corrected chi connectivity index (χ1v) is 5.41. The monoisotopic (exact) mass is 277 g/mol. The van der Waals surface area contributed by atoms with Gasteiger partial charge in [0.05, 0.1) is 4.92 Å². The van der Waals surface area contributed by atoms with Gasteiger partial charge in [0.25, 0.3) is 5.91 Å². The zero-order valence-electron chi connectivity index (χ0n) is 9.92. The van der Waals surface area contributed by atoms with Crippen molar-refractivity contribution >= 4 is 17.3 Å². The summed E-state index contributed by atoms with van der Waals surface area (Å²) in [6.45, 7) is 0. The van der Waals surface area contributed by atoms with E-state index in [1.807, 2.05) is 0 Å². The largest absolute Gasteiger partial charge is 0.367 e. The van der Waals surface area contributed by atoms with E-state index in [1.54, 1.807) is 0 Å². The number of nitro groups is 1. The molecular formula is C12H8FN3O4. The molecular weight excluding hydrogens is 269 g/mol. The van der Waals surface area contributed by atoms with Gasteiger partial charge < -0.3 is 10.3 Å². The predicted molar refractivity (Wildman–Crippen MR) is 68.1 cm³/mol. The Morgan fingerprint density at radius 1 is 1.35 bits per heavy atom. The normalized spacial score (nSPS) is 10.1. The molecule has 2 N–H and O–H groups in total. The van der Waals surface area contributed by atoms with E-state index in [1.165, 1.54) is 24.5 Å². The first kappa shape index (κ1) is 13.4. The molecule has 0 fully saturated rings. The number of H-pyrrole nitrogens is 1. The van der Waals surface area contributed by atoms with Crippen LogP contribution in [0.2, 0.25) is 0 Å². The van der Waals surface area contributed by atoms with Gasteiger partial charge in [0, 0.05) is 36.3 Å². The van der Waals surface area contributed by atoms with Gasteiger partial charge in [-0.1, -0.05) is 0 Å². The predicted octanol–water partition coefficient (Wildman–Crippen LogP) is 1.67. The molecule has 0 aliphatic rings. The zero-order chi connectivity index (χ0) is 14.7. The standard InChI is InChI=1S/C12H8FN3O4/c13-9-5-7(1-2-10(9)16(19)20)15-12(18)8-6-14-4-3-11(8)17/h1-6H,(H,14,17)(H,15,18). The molecule has 0 bridgehead atoms. The molecule has 1 aromatic heterocycles. The number of benzene rings is 1. The number of aromatic nitrogens is 1. The Kier molecular flexibility index (Phi) is 3.56. The van der Waals surface area contributed by atoms with Crippen LogP contribution in [0.4, 0.5) is 15.8 Å². The second kappa shape index (κ2) is 5.31. The zero-order valence-corrected chi connectivity index (χ0v) is 9.92. The Hall–Kier alpha value is -3.03. The third-order valence-corrected chi connectivity index (χ3v) is 2.47. The molecule has 0 atom stereocenters. The molecule has 1 heterocycles. The van der Waals surface area contributed by atoms with Gasteiger partial charge in [-0.2, -0.15) is 4.39 Å². The third kappa shape index (κ3) is 2.69. The second-order valence-electron chi connectivity index (χ2n) is 3.80. The molecule has 1 amide bonds. The minimum absolute atomic E-state index is 0.0151. The molecule has 1 aromatic carbocycles. The minimum Gasteiger partial charge on any atom is -0.367 e. The highest BCUT2D eigenvalue weighted by atomic mass is 19.1. The number of carbonyl (C=O) groups is 1. The van der Waals surface area contributed by atoms with Crippen LogP contribution >= 0.6 is 0 Å². The van der Waals surface area contributed by atoms with Gasteiger partial charge in [-0.05, 0) is 6.07 Å². The second-order valence-corrected chi connectivity index (χ2v) is 3.80. The van der Waals surface area contributed by atoms with Gasteiger partial charge in [0.15, 0.2) is 5.43 Å². The molecule has 2 aromatic rings. The summed E-state index contributed by atoms with van der Waals surface area (Å²) in [4.78, 5) is 35.4. The maximum Gasteiger partial charge on any atom is 0.304 e. The van der Waals surface area contributed by atoms with Crippen LogP contribution in [0, 0.1) is 15.9 Å². The number of pyridine rings is 1. The first-order valence-electron chi connectivity index (χ1n) is 5.41. The topological polar surface area (TPSA) is 105 Å². The number of hydrogen-bond acceptors (Lipinski definition) is 4. The molecule has 0 unspecified atom stereocenters. The summed E-state index contributed by atoms with van der Waals surface area (Å²) < 4.78 is 13.4. The molecule has 0 aliphatic carbocycles. The summed E-state index contributed by atoms with van der Waals surface area (Å²) in [5, 5.41) is 12.7. The molecule has 0 radical (unpaired) electrons. The van der Waals surface area contributed by atoms with Crippen molar-refractivity contribution in [3.63, 3.8) is 0 Å². The van der Waals surface area contributed by atoms with E-state index >= 15 is 0 Å². The highest BCUT2D eigenvalue weighted by Crippen LogP contribution is 2.20. The number of carbonyl (C=O) groups excluding carboxylic acids is 1. The third-order valence-electron chi connectivity index (χ3n) is 2.47. The first-order chi connectivity index (χ1) is 9.49. The Morgan fingerprint density at radius 3 is 2.70 bits per heavy atom. The number of aromatic amines is 1. The van der Waals surface area contributed by atoms with Crippen LogP contribution in [-0.4, -0.2) is 15.8 Å². The van der Waals surface area contributed by atoms with Crippen LogP contribution in [0.3, 0.4) is 0 Å². The molecule has 0 spiro atoms. The maximum absolute atomic E-state index is 13.4. The summed E-state index contributed by atoms with van der Waals surface area (Å²) >= 11 is 0. The minimum atomic E-state index is -1.07. The Labute approximate surface area is 111 Å². The van der Waals surface area contributed by atoms with Crippen molar-refractivity contribution in [1.82, 2.24) is 4.98 Å². The lowest BCUT2D eigenvalue weighted by molar-refractivity contribution is -0.387. The molecule has 0 aliphatic heterocycles. The molecule has 0 saturated carbocycles. The number of hydrogen-bond donors (Lipinski definition) is 2. The molecule has 102 valence electrons. The van der Waals surface area contributed by atoms with Gasteiger partial charge in [-0.3, -0.25) is 19.7 Å². The summed E-state index contributed by atoms with van der Waals surface area (Å²) in [7, 11) is 0. The van der Waals surface area contributed by atoms with E-state index in [0.29, 0.717) is 0 Å². The van der Waals surface area contributed by atoms with Crippen molar-refractivity contribution in [2.24, 2.45) is 0 Å². The van der Waals surface area contributed by atoms with Crippen molar-refractivity contribution in [1.29, 1.82) is 0 Å². The van der Waals surface area contributed by atoms with E-state index in [9.17, 15) is 24.1 Å². The van der Waals surface area contributed by atoms with Crippen LogP contribution in [0.1, 0.15) is 10.4 Å². The SMILES string of the molecule is O=C(Nc1ccc([N+](=O)[O-])c(F)c1)c1c[nH]ccc1=O. The van der Waals surface area contributed by atoms with Gasteiger partial charge in [-0.25, -0.2) is 0 Å². The summed E-state index contributed by atoms with van der Waals surface area (Å²) in [5.41, 5.74) is -1.32. The number of nitrogens with one attached hydrogen (secondary N) is 2.